The number of halogens is 3. The second-order valence-corrected chi connectivity index (χ2v) is 6.83. The Hall–Kier alpha value is -3.86. The number of ether oxygens (including phenoxy) is 1. The number of nitrogens with zero attached hydrogens (tertiary/aromatic N) is 3. The van der Waals surface area contributed by atoms with Gasteiger partial charge in [0, 0.05) is 43.6 Å². The number of aryl methyl sites for hydroxylation is 1. The molecule has 1 aliphatic rings. The zero-order chi connectivity index (χ0) is 26.0. The number of aromatic nitrogens is 2. The van der Waals surface area contributed by atoms with Gasteiger partial charge >= 0.3 is 0 Å². The summed E-state index contributed by atoms with van der Waals surface area (Å²) in [5.74, 6) is 1.14. The van der Waals surface area contributed by atoms with E-state index in [1.807, 2.05) is 13.8 Å². The molecule has 1 atom stereocenters. The lowest BCUT2D eigenvalue weighted by Crippen LogP contribution is -2.39. The summed E-state index contributed by atoms with van der Waals surface area (Å²) in [6.07, 6.45) is 2.50. The molecule has 2 N–H and O–H groups in total. The number of anilines is 1. The van der Waals surface area contributed by atoms with Crippen molar-refractivity contribution < 1.29 is 19.3 Å². The molecule has 190 valence electrons. The quantitative estimate of drug-likeness (QED) is 0.525. The highest BCUT2D eigenvalue weighted by Gasteiger charge is 2.22. The minimum atomic E-state index is -1.75. The first-order chi connectivity index (χ1) is 16.9. The molecule has 3 heterocycles. The predicted octanol–water partition coefficient (Wildman–Crippen LogP) is 4.01. The monoisotopic (exact) mass is 493 g/mol. The molecular weight excluding hydrogens is 463 g/mol. The number of hydrogen-bond acceptors (Lipinski definition) is 6. The molecule has 4 rings (SSSR count). The number of aliphatic imine (C=N–C) groups is 1. The Morgan fingerprint density at radius 3 is 2.34 bits per heavy atom. The minimum absolute atomic E-state index is 0. The van der Waals surface area contributed by atoms with Crippen molar-refractivity contribution in [1.82, 2.24) is 14.5 Å². The van der Waals surface area contributed by atoms with Crippen LogP contribution in [-0.2, 0) is 7.05 Å². The van der Waals surface area contributed by atoms with E-state index < -0.39 is 20.0 Å². The second-order valence-electron chi connectivity index (χ2n) is 6.83. The van der Waals surface area contributed by atoms with Crippen LogP contribution >= 0.6 is 0 Å². The number of rotatable bonds is 5. The van der Waals surface area contributed by atoms with Gasteiger partial charge in [0.2, 0.25) is 12.5 Å². The van der Waals surface area contributed by atoms with Crippen molar-refractivity contribution in [3.8, 4) is 22.6 Å². The summed E-state index contributed by atoms with van der Waals surface area (Å²) in [4.78, 5) is 29.5. The fourth-order valence-electron chi connectivity index (χ4n) is 3.32. The summed E-state index contributed by atoms with van der Waals surface area (Å²) < 4.78 is 40.1. The molecule has 1 aliphatic heterocycles. The smallest absolute Gasteiger partial charge is 0.264 e. The Morgan fingerprint density at radius 2 is 1.77 bits per heavy atom. The maximum atomic E-state index is 13.5. The maximum absolute atomic E-state index is 13.5. The molecule has 0 saturated heterocycles. The van der Waals surface area contributed by atoms with Crippen LogP contribution in [-0.4, -0.2) is 42.5 Å². The van der Waals surface area contributed by atoms with Gasteiger partial charge in [-0.1, -0.05) is 13.8 Å². The van der Waals surface area contributed by atoms with Gasteiger partial charge in [-0.3, -0.25) is 24.5 Å². The number of benzene rings is 1. The van der Waals surface area contributed by atoms with E-state index in [-0.39, 0.29) is 12.5 Å². The van der Waals surface area contributed by atoms with Crippen molar-refractivity contribution in [3.05, 3.63) is 74.9 Å². The number of alkyl halides is 3. The lowest BCUT2D eigenvalue weighted by atomic mass is 10.1. The summed E-state index contributed by atoms with van der Waals surface area (Å²) in [6, 6.07) is 11.8. The SMILES string of the molecule is CC.COc1ccc(-n2c3c(cc(-c4ccc(=O)n(C)c4)c2=O)C=NC(NCF)N3)cc1.FCF.[HH]. The Morgan fingerprint density at radius 1 is 1.11 bits per heavy atom. The molecule has 8 nitrogen and oxygen atoms in total. The molecule has 1 aromatic carbocycles. The van der Waals surface area contributed by atoms with Crippen LogP contribution in [0.5, 0.6) is 5.75 Å². The van der Waals surface area contributed by atoms with Gasteiger partial charge in [-0.15, -0.1) is 0 Å². The summed E-state index contributed by atoms with van der Waals surface area (Å²) in [5, 5.41) is 5.61. The van der Waals surface area contributed by atoms with E-state index in [1.165, 1.54) is 15.2 Å². The van der Waals surface area contributed by atoms with Crippen LogP contribution < -0.4 is 26.5 Å². The van der Waals surface area contributed by atoms with Crippen LogP contribution in [0.25, 0.3) is 16.8 Å². The highest BCUT2D eigenvalue weighted by molar-refractivity contribution is 5.91. The first-order valence-corrected chi connectivity index (χ1v) is 10.8. The van der Waals surface area contributed by atoms with Crippen molar-refractivity contribution in [1.29, 1.82) is 0 Å². The molecule has 0 saturated carbocycles. The Kier molecular flexibility index (Phi) is 10.3. The molecule has 3 aromatic rings. The summed E-state index contributed by atoms with van der Waals surface area (Å²) in [5.41, 5.74) is 1.81. The van der Waals surface area contributed by atoms with Gasteiger partial charge < -0.3 is 14.6 Å². The van der Waals surface area contributed by atoms with Gasteiger partial charge in [0.1, 0.15) is 18.4 Å². The van der Waals surface area contributed by atoms with Crippen LogP contribution in [0.2, 0.25) is 0 Å². The van der Waals surface area contributed by atoms with Crippen LogP contribution in [0.1, 0.15) is 20.8 Å². The first-order valence-electron chi connectivity index (χ1n) is 10.8. The predicted molar refractivity (Wildman–Crippen MR) is 134 cm³/mol. The molecule has 11 heteroatoms. The van der Waals surface area contributed by atoms with Crippen molar-refractivity contribution >= 4 is 12.0 Å². The lowest BCUT2D eigenvalue weighted by molar-refractivity contribution is 0.295. The Balaban J connectivity index is 0.00000101. The number of hydrogen-bond donors (Lipinski definition) is 2. The van der Waals surface area contributed by atoms with E-state index in [2.05, 4.69) is 15.6 Å². The normalized spacial score (nSPS) is 13.4. The molecule has 2 aromatic heterocycles. The Labute approximate surface area is 202 Å². The zero-order valence-electron chi connectivity index (χ0n) is 19.9. The van der Waals surface area contributed by atoms with Gasteiger partial charge in [-0.2, -0.15) is 0 Å². The number of pyridine rings is 2. The standard InChI is InChI=1S/C21H20FN5O3.C2H6.CH2F2.H2/c1-26-11-13(3-8-18(26)28)17-9-14-10-23-21(24-12-22)25-19(14)27(20(17)29)15-4-6-16(30-2)7-5-15;1-2;2-1-3;/h3-11,21,24-25H,12H2,1-2H3;1-2H3;1H2;1H. The first kappa shape index (κ1) is 27.4. The van der Waals surface area contributed by atoms with Crippen molar-refractivity contribution in [2.75, 3.05) is 26.2 Å². The van der Waals surface area contributed by atoms with Gasteiger partial charge in [-0.05, 0) is 36.4 Å². The van der Waals surface area contributed by atoms with E-state index in [0.29, 0.717) is 33.9 Å². The highest BCUT2D eigenvalue weighted by Crippen LogP contribution is 2.26. The van der Waals surface area contributed by atoms with Gasteiger partial charge in [0.15, 0.2) is 6.29 Å². The van der Waals surface area contributed by atoms with Gasteiger partial charge in [0.05, 0.1) is 12.8 Å². The fourth-order valence-corrected chi connectivity index (χ4v) is 3.32. The molecule has 0 fully saturated rings. The fraction of sp³-hybridized carbons (Fsp3) is 0.292. The van der Waals surface area contributed by atoms with Crippen molar-refractivity contribution in [2.45, 2.75) is 20.1 Å². The van der Waals surface area contributed by atoms with E-state index in [0.717, 1.165) is 0 Å². The molecule has 0 bridgehead atoms. The average Bonchev–Trinajstić information content (AvgIpc) is 2.87. The zero-order valence-corrected chi connectivity index (χ0v) is 19.9. The van der Waals surface area contributed by atoms with E-state index in [9.17, 15) is 22.8 Å². The molecule has 0 amide bonds. The largest absolute Gasteiger partial charge is 0.497 e. The molecule has 0 spiro atoms. The molecule has 35 heavy (non-hydrogen) atoms. The number of methoxy groups -OCH3 is 1. The third-order valence-electron chi connectivity index (χ3n) is 4.86. The lowest BCUT2D eigenvalue weighted by Gasteiger charge is -2.25. The van der Waals surface area contributed by atoms with Crippen LogP contribution in [0.3, 0.4) is 0 Å². The topological polar surface area (TPSA) is 89.7 Å². The van der Waals surface area contributed by atoms with Gasteiger partial charge in [-0.25, -0.2) is 13.2 Å². The van der Waals surface area contributed by atoms with Crippen molar-refractivity contribution in [2.24, 2.45) is 12.0 Å². The number of fused-ring (bicyclic) bond motifs is 1. The maximum Gasteiger partial charge on any atom is 0.264 e. The molecule has 1 unspecified atom stereocenters. The number of nitrogens with one attached hydrogen (secondary N) is 2. The highest BCUT2D eigenvalue weighted by atomic mass is 19.3. The Bertz CT molecular complexity index is 1260. The molecule has 0 aliphatic carbocycles. The second kappa shape index (κ2) is 13.1. The molecular formula is C24H30F3N5O3. The van der Waals surface area contributed by atoms with Crippen molar-refractivity contribution in [3.63, 3.8) is 0 Å². The van der Waals surface area contributed by atoms with Crippen LogP contribution in [0.15, 0.2) is 63.2 Å². The van der Waals surface area contributed by atoms with Crippen LogP contribution in [0, 0.1) is 0 Å². The summed E-state index contributed by atoms with van der Waals surface area (Å²) in [7, 11) is 3.19. The van der Waals surface area contributed by atoms with Gasteiger partial charge in [0.25, 0.3) is 5.56 Å². The summed E-state index contributed by atoms with van der Waals surface area (Å²) >= 11 is 0. The minimum Gasteiger partial charge on any atom is -0.497 e. The van der Waals surface area contributed by atoms with E-state index >= 15 is 0 Å². The van der Waals surface area contributed by atoms with E-state index in [1.54, 1.807) is 63.0 Å². The third-order valence-corrected chi connectivity index (χ3v) is 4.86. The summed E-state index contributed by atoms with van der Waals surface area (Å²) in [6.45, 7) is 1.48. The van der Waals surface area contributed by atoms with E-state index in [4.69, 9.17) is 4.74 Å². The third kappa shape index (κ3) is 6.38. The average molecular weight is 494 g/mol. The van der Waals surface area contributed by atoms with Crippen LogP contribution in [0.4, 0.5) is 19.0 Å². The molecule has 0 radical (unpaired) electrons.